The molecule has 1 aromatic carbocycles. The molecule has 0 spiro atoms. The highest BCUT2D eigenvalue weighted by Crippen LogP contribution is 2.19. The lowest BCUT2D eigenvalue weighted by Crippen LogP contribution is -2.29. The van der Waals surface area contributed by atoms with E-state index in [1.807, 2.05) is 30.3 Å². The maximum Gasteiger partial charge on any atom is 0.101 e. The number of hydrogen-bond donors (Lipinski definition) is 1. The van der Waals surface area contributed by atoms with E-state index < -0.39 is 6.10 Å². The molecule has 0 fully saturated rings. The molecule has 2 atom stereocenters. The van der Waals surface area contributed by atoms with Gasteiger partial charge < -0.3 is 5.11 Å². The van der Waals surface area contributed by atoms with E-state index >= 15 is 0 Å². The summed E-state index contributed by atoms with van der Waals surface area (Å²) in [5, 5.41) is 13.8. The summed E-state index contributed by atoms with van der Waals surface area (Å²) in [6.07, 6.45) is -0.695. The quantitative estimate of drug-likeness (QED) is 0.586. The van der Waals surface area contributed by atoms with Gasteiger partial charge in [-0.05, 0) is 12.5 Å². The first-order chi connectivity index (χ1) is 6.66. The van der Waals surface area contributed by atoms with E-state index in [2.05, 4.69) is 5.29 Å². The molecule has 0 saturated carbocycles. The number of likely N-dealkylation sites (N-methyl/N-ethyl adjacent to an activating group) is 1. The van der Waals surface area contributed by atoms with E-state index in [9.17, 15) is 10.0 Å². The minimum atomic E-state index is -0.695. The number of nitrogens with zero attached hydrogens (tertiary/aromatic N) is 2. The van der Waals surface area contributed by atoms with Crippen molar-refractivity contribution in [2.75, 3.05) is 7.05 Å². The summed E-state index contributed by atoms with van der Waals surface area (Å²) in [7, 11) is 1.55. The molecule has 0 aliphatic heterocycles. The van der Waals surface area contributed by atoms with Gasteiger partial charge in [0.25, 0.3) is 0 Å². The van der Waals surface area contributed by atoms with Crippen LogP contribution in [0.1, 0.15) is 18.6 Å². The van der Waals surface area contributed by atoms with Crippen LogP contribution in [0.4, 0.5) is 0 Å². The summed E-state index contributed by atoms with van der Waals surface area (Å²) >= 11 is 0. The molecule has 0 heterocycles. The average molecular weight is 194 g/mol. The summed E-state index contributed by atoms with van der Waals surface area (Å²) < 4.78 is 0. The smallest absolute Gasteiger partial charge is 0.101 e. The lowest BCUT2D eigenvalue weighted by molar-refractivity contribution is 0.0733. The Hall–Kier alpha value is -1.42. The Balaban J connectivity index is 2.75. The number of hydrogen-bond acceptors (Lipinski definition) is 3. The van der Waals surface area contributed by atoms with Gasteiger partial charge in [0.15, 0.2) is 0 Å². The Morgan fingerprint density at radius 2 is 1.93 bits per heavy atom. The molecular formula is C10H14N2O2. The molecule has 1 rings (SSSR count). The number of nitroso groups, excluding NO2 is 1. The molecule has 0 amide bonds. The molecule has 4 heteroatoms. The molecule has 1 N–H and O–H groups in total. The molecule has 76 valence electrons. The highest BCUT2D eigenvalue weighted by molar-refractivity contribution is 5.18. The average Bonchev–Trinajstić information content (AvgIpc) is 2.27. The third-order valence-corrected chi connectivity index (χ3v) is 2.32. The van der Waals surface area contributed by atoms with E-state index in [-0.39, 0.29) is 6.04 Å². The minimum Gasteiger partial charge on any atom is -0.386 e. The van der Waals surface area contributed by atoms with Crippen LogP contribution in [0.15, 0.2) is 35.6 Å². The van der Waals surface area contributed by atoms with Gasteiger partial charge in [0.1, 0.15) is 6.10 Å². The molecule has 0 aliphatic carbocycles. The van der Waals surface area contributed by atoms with Crippen LogP contribution in [0, 0.1) is 4.91 Å². The molecular weight excluding hydrogens is 180 g/mol. The van der Waals surface area contributed by atoms with Crippen molar-refractivity contribution in [3.8, 4) is 0 Å². The van der Waals surface area contributed by atoms with Crippen molar-refractivity contribution >= 4 is 0 Å². The zero-order valence-corrected chi connectivity index (χ0v) is 8.29. The van der Waals surface area contributed by atoms with Gasteiger partial charge in [-0.25, -0.2) is 0 Å². The molecule has 0 bridgehead atoms. The van der Waals surface area contributed by atoms with E-state index in [0.29, 0.717) is 0 Å². The van der Waals surface area contributed by atoms with Crippen molar-refractivity contribution in [2.24, 2.45) is 5.29 Å². The zero-order chi connectivity index (χ0) is 10.6. The Labute approximate surface area is 83.1 Å². The molecule has 0 aliphatic rings. The maximum atomic E-state index is 10.2. The second-order valence-corrected chi connectivity index (χ2v) is 3.25. The fourth-order valence-electron chi connectivity index (χ4n) is 1.21. The van der Waals surface area contributed by atoms with Gasteiger partial charge in [-0.1, -0.05) is 30.3 Å². The molecule has 0 aromatic heterocycles. The summed E-state index contributed by atoms with van der Waals surface area (Å²) in [6.45, 7) is 1.75. The van der Waals surface area contributed by atoms with Gasteiger partial charge in [0, 0.05) is 7.05 Å². The fraction of sp³-hybridized carbons (Fsp3) is 0.400. The minimum absolute atomic E-state index is 0.324. The largest absolute Gasteiger partial charge is 0.386 e. The van der Waals surface area contributed by atoms with Crippen LogP contribution in [0.2, 0.25) is 0 Å². The topological polar surface area (TPSA) is 52.9 Å². The van der Waals surface area contributed by atoms with E-state index in [1.54, 1.807) is 14.0 Å². The van der Waals surface area contributed by atoms with Crippen molar-refractivity contribution < 1.29 is 5.11 Å². The highest BCUT2D eigenvalue weighted by Gasteiger charge is 2.19. The van der Waals surface area contributed by atoms with Crippen LogP contribution >= 0.6 is 0 Å². The van der Waals surface area contributed by atoms with Crippen LogP contribution in [-0.2, 0) is 0 Å². The standard InChI is InChI=1S/C10H14N2O2/c1-8(12(2)11-14)10(13)9-6-4-3-5-7-9/h3-8,10,13H,1-2H3/t8-,10+/m0/s1. The second-order valence-electron chi connectivity index (χ2n) is 3.25. The Morgan fingerprint density at radius 1 is 1.36 bits per heavy atom. The summed E-state index contributed by atoms with van der Waals surface area (Å²) in [5.74, 6) is 0. The normalized spacial score (nSPS) is 14.5. The van der Waals surface area contributed by atoms with Crippen LogP contribution in [0.5, 0.6) is 0 Å². The molecule has 0 unspecified atom stereocenters. The third-order valence-electron chi connectivity index (χ3n) is 2.32. The molecule has 1 aromatic rings. The lowest BCUT2D eigenvalue weighted by atomic mass is 10.0. The predicted octanol–water partition coefficient (Wildman–Crippen LogP) is 1.72. The van der Waals surface area contributed by atoms with Crippen LogP contribution < -0.4 is 0 Å². The summed E-state index contributed by atoms with van der Waals surface area (Å²) in [4.78, 5) is 10.2. The van der Waals surface area contributed by atoms with Crippen molar-refractivity contribution in [1.29, 1.82) is 0 Å². The number of aliphatic hydroxyl groups is 1. The fourth-order valence-corrected chi connectivity index (χ4v) is 1.21. The van der Waals surface area contributed by atoms with E-state index in [0.717, 1.165) is 5.56 Å². The molecule has 0 radical (unpaired) electrons. The molecule has 0 saturated heterocycles. The van der Waals surface area contributed by atoms with Crippen LogP contribution in [0.25, 0.3) is 0 Å². The lowest BCUT2D eigenvalue weighted by Gasteiger charge is -2.23. The van der Waals surface area contributed by atoms with Crippen molar-refractivity contribution in [1.82, 2.24) is 5.01 Å². The molecule has 14 heavy (non-hydrogen) atoms. The maximum absolute atomic E-state index is 10.2. The predicted molar refractivity (Wildman–Crippen MR) is 54.4 cm³/mol. The van der Waals surface area contributed by atoms with E-state index in [1.165, 1.54) is 5.01 Å². The highest BCUT2D eigenvalue weighted by atomic mass is 16.3. The first-order valence-electron chi connectivity index (χ1n) is 4.46. The van der Waals surface area contributed by atoms with Crippen LogP contribution in [0.3, 0.4) is 0 Å². The first kappa shape index (κ1) is 10.7. The first-order valence-corrected chi connectivity index (χ1v) is 4.46. The van der Waals surface area contributed by atoms with Gasteiger partial charge in [-0.2, -0.15) is 0 Å². The zero-order valence-electron chi connectivity index (χ0n) is 8.29. The van der Waals surface area contributed by atoms with Gasteiger partial charge >= 0.3 is 0 Å². The van der Waals surface area contributed by atoms with Gasteiger partial charge in [-0.3, -0.25) is 5.01 Å². The number of rotatable bonds is 4. The Morgan fingerprint density at radius 3 is 2.43 bits per heavy atom. The van der Waals surface area contributed by atoms with Gasteiger partial charge in [0.2, 0.25) is 0 Å². The van der Waals surface area contributed by atoms with Gasteiger partial charge in [-0.15, -0.1) is 4.91 Å². The third kappa shape index (κ3) is 2.29. The summed E-state index contributed by atoms with van der Waals surface area (Å²) in [5.41, 5.74) is 0.788. The Bertz CT molecular complexity index is 289. The van der Waals surface area contributed by atoms with Crippen molar-refractivity contribution in [3.05, 3.63) is 40.8 Å². The monoisotopic (exact) mass is 194 g/mol. The second kappa shape index (κ2) is 4.72. The van der Waals surface area contributed by atoms with E-state index in [4.69, 9.17) is 0 Å². The molecule has 4 nitrogen and oxygen atoms in total. The SMILES string of the molecule is C[C@@H]([C@@H](O)c1ccccc1)N(C)N=O. The van der Waals surface area contributed by atoms with Gasteiger partial charge in [0.05, 0.1) is 11.3 Å². The summed E-state index contributed by atoms with van der Waals surface area (Å²) in [6, 6.07) is 8.89. The number of aliphatic hydroxyl groups excluding tert-OH is 1. The van der Waals surface area contributed by atoms with Crippen molar-refractivity contribution in [2.45, 2.75) is 19.1 Å². The number of benzene rings is 1. The Kier molecular flexibility index (Phi) is 3.59. The van der Waals surface area contributed by atoms with Crippen LogP contribution in [-0.4, -0.2) is 23.2 Å². The van der Waals surface area contributed by atoms with Crippen molar-refractivity contribution in [3.63, 3.8) is 0 Å².